The molecule has 1 amide bonds. The first kappa shape index (κ1) is 20.8. The van der Waals surface area contributed by atoms with Gasteiger partial charge >= 0.3 is 0 Å². The molecule has 0 fully saturated rings. The van der Waals surface area contributed by atoms with E-state index in [1.807, 2.05) is 12.1 Å². The second-order valence-electron chi connectivity index (χ2n) is 6.32. The Bertz CT molecular complexity index is 746. The first-order valence-corrected chi connectivity index (χ1v) is 8.64. The molecule has 2 rings (SSSR count). The lowest BCUT2D eigenvalue weighted by atomic mass is 10.1. The second-order valence-corrected chi connectivity index (χ2v) is 6.32. The molecule has 0 aromatic heterocycles. The van der Waals surface area contributed by atoms with Crippen LogP contribution in [-0.2, 0) is 11.3 Å². The van der Waals surface area contributed by atoms with Crippen LogP contribution in [0, 0.1) is 11.6 Å². The molecule has 0 aliphatic rings. The zero-order valence-corrected chi connectivity index (χ0v) is 15.5. The minimum absolute atomic E-state index is 0.291. The molecule has 7 heteroatoms. The Labute approximate surface area is 157 Å². The molecule has 5 nitrogen and oxygen atoms in total. The van der Waals surface area contributed by atoms with E-state index in [4.69, 9.17) is 4.74 Å². The van der Waals surface area contributed by atoms with Gasteiger partial charge in [-0.1, -0.05) is 12.1 Å². The lowest BCUT2D eigenvalue weighted by molar-refractivity contribution is -0.125. The highest BCUT2D eigenvalue weighted by Crippen LogP contribution is 2.23. The van der Waals surface area contributed by atoms with Crippen molar-refractivity contribution in [2.75, 3.05) is 7.05 Å². The maximum absolute atomic E-state index is 13.3. The Hall–Kier alpha value is -2.51. The summed E-state index contributed by atoms with van der Waals surface area (Å²) >= 11 is 0. The minimum atomic E-state index is -0.833. The summed E-state index contributed by atoms with van der Waals surface area (Å²) in [5, 5.41) is 15.2. The number of nitrogens with one attached hydrogen (secondary N) is 2. The molecule has 2 aromatic carbocycles. The van der Waals surface area contributed by atoms with Crippen molar-refractivity contribution in [3.05, 3.63) is 65.2 Å². The van der Waals surface area contributed by atoms with Crippen LogP contribution in [0.1, 0.15) is 31.1 Å². The van der Waals surface area contributed by atoms with Crippen LogP contribution in [0.4, 0.5) is 8.78 Å². The van der Waals surface area contributed by atoms with Crippen molar-refractivity contribution in [2.24, 2.45) is 0 Å². The molecule has 0 saturated carbocycles. The SMILES string of the molecule is CNC(=O)[C@@H](NCc1ccc(OC(C)c2cc(F)cc(F)c2)cc1)C(C)O. The molecular weight excluding hydrogens is 354 g/mol. The molecule has 0 spiro atoms. The first-order valence-electron chi connectivity index (χ1n) is 8.64. The second kappa shape index (κ2) is 9.43. The number of amides is 1. The maximum Gasteiger partial charge on any atom is 0.239 e. The van der Waals surface area contributed by atoms with E-state index in [2.05, 4.69) is 10.6 Å². The maximum atomic E-state index is 13.3. The van der Waals surface area contributed by atoms with E-state index >= 15 is 0 Å². The van der Waals surface area contributed by atoms with Crippen molar-refractivity contribution < 1.29 is 23.4 Å². The molecule has 0 bridgehead atoms. The van der Waals surface area contributed by atoms with Gasteiger partial charge < -0.3 is 15.2 Å². The van der Waals surface area contributed by atoms with Crippen LogP contribution in [0.5, 0.6) is 5.75 Å². The zero-order valence-electron chi connectivity index (χ0n) is 15.5. The largest absolute Gasteiger partial charge is 0.486 e. The van der Waals surface area contributed by atoms with Crippen molar-refractivity contribution in [3.8, 4) is 5.75 Å². The fourth-order valence-corrected chi connectivity index (χ4v) is 2.63. The Kier molecular flexibility index (Phi) is 7.27. The summed E-state index contributed by atoms with van der Waals surface area (Å²) in [7, 11) is 1.51. The Morgan fingerprint density at radius 3 is 2.22 bits per heavy atom. The number of benzene rings is 2. The van der Waals surface area contributed by atoms with Gasteiger partial charge in [0.1, 0.15) is 29.5 Å². The topological polar surface area (TPSA) is 70.6 Å². The van der Waals surface area contributed by atoms with Gasteiger partial charge in [-0.3, -0.25) is 10.1 Å². The van der Waals surface area contributed by atoms with Gasteiger partial charge in [0.15, 0.2) is 0 Å². The smallest absolute Gasteiger partial charge is 0.239 e. The van der Waals surface area contributed by atoms with Gasteiger partial charge in [-0.2, -0.15) is 0 Å². The number of hydrogen-bond donors (Lipinski definition) is 3. The van der Waals surface area contributed by atoms with Crippen molar-refractivity contribution >= 4 is 5.91 Å². The van der Waals surface area contributed by atoms with Crippen LogP contribution >= 0.6 is 0 Å². The number of ether oxygens (including phenoxy) is 1. The summed E-state index contributed by atoms with van der Waals surface area (Å²) < 4.78 is 32.4. The average Bonchev–Trinajstić information content (AvgIpc) is 2.61. The fourth-order valence-electron chi connectivity index (χ4n) is 2.63. The lowest BCUT2D eigenvalue weighted by Crippen LogP contribution is -2.49. The summed E-state index contributed by atoms with van der Waals surface area (Å²) in [6.45, 7) is 3.63. The molecule has 3 N–H and O–H groups in total. The van der Waals surface area contributed by atoms with E-state index in [-0.39, 0.29) is 5.91 Å². The number of hydrogen-bond acceptors (Lipinski definition) is 4. The lowest BCUT2D eigenvalue weighted by Gasteiger charge is -2.20. The van der Waals surface area contributed by atoms with Crippen LogP contribution in [0.2, 0.25) is 0 Å². The third kappa shape index (κ3) is 6.01. The van der Waals surface area contributed by atoms with Gasteiger partial charge in [0, 0.05) is 19.7 Å². The van der Waals surface area contributed by atoms with Crippen molar-refractivity contribution in [1.29, 1.82) is 0 Å². The normalized spacial score (nSPS) is 14.3. The molecule has 0 heterocycles. The molecule has 3 atom stereocenters. The summed E-state index contributed by atoms with van der Waals surface area (Å²) in [6.07, 6.45) is -1.35. The van der Waals surface area contributed by atoms with Gasteiger partial charge in [0.2, 0.25) is 5.91 Å². The number of aliphatic hydroxyl groups is 1. The van der Waals surface area contributed by atoms with E-state index in [0.29, 0.717) is 17.9 Å². The molecule has 2 unspecified atom stereocenters. The van der Waals surface area contributed by atoms with Crippen LogP contribution < -0.4 is 15.4 Å². The number of carbonyl (C=O) groups is 1. The van der Waals surface area contributed by atoms with Crippen LogP contribution in [0.3, 0.4) is 0 Å². The summed E-state index contributed by atoms with van der Waals surface area (Å²) in [6, 6.07) is 9.67. The predicted molar refractivity (Wildman–Crippen MR) is 98.2 cm³/mol. The molecule has 0 radical (unpaired) electrons. The monoisotopic (exact) mass is 378 g/mol. The first-order chi connectivity index (χ1) is 12.8. The quantitative estimate of drug-likeness (QED) is 0.661. The third-order valence-corrected chi connectivity index (χ3v) is 4.13. The molecular formula is C20H24F2N2O3. The van der Waals surface area contributed by atoms with Gasteiger partial charge in [-0.25, -0.2) is 8.78 Å². The molecule has 2 aromatic rings. The molecule has 146 valence electrons. The van der Waals surface area contributed by atoms with E-state index < -0.39 is 29.9 Å². The van der Waals surface area contributed by atoms with E-state index in [0.717, 1.165) is 11.6 Å². The Morgan fingerprint density at radius 1 is 1.11 bits per heavy atom. The van der Waals surface area contributed by atoms with Crippen molar-refractivity contribution in [2.45, 2.75) is 38.6 Å². The molecule has 0 aliphatic carbocycles. The van der Waals surface area contributed by atoms with E-state index in [9.17, 15) is 18.7 Å². The van der Waals surface area contributed by atoms with Crippen molar-refractivity contribution in [3.63, 3.8) is 0 Å². The van der Waals surface area contributed by atoms with Gasteiger partial charge in [-0.05, 0) is 49.2 Å². The van der Waals surface area contributed by atoms with E-state index in [1.54, 1.807) is 26.0 Å². The number of halogens is 2. The van der Waals surface area contributed by atoms with Crippen LogP contribution in [-0.4, -0.2) is 30.2 Å². The van der Waals surface area contributed by atoms with Gasteiger partial charge in [0.05, 0.1) is 6.10 Å². The van der Waals surface area contributed by atoms with Crippen LogP contribution in [0.25, 0.3) is 0 Å². The van der Waals surface area contributed by atoms with E-state index in [1.165, 1.54) is 19.2 Å². The minimum Gasteiger partial charge on any atom is -0.486 e. The number of rotatable bonds is 8. The Morgan fingerprint density at radius 2 is 1.70 bits per heavy atom. The predicted octanol–water partition coefficient (Wildman–Crippen LogP) is 2.69. The van der Waals surface area contributed by atoms with Crippen LogP contribution in [0.15, 0.2) is 42.5 Å². The fraction of sp³-hybridized carbons (Fsp3) is 0.350. The summed E-state index contributed by atoms with van der Waals surface area (Å²) in [4.78, 5) is 11.7. The standard InChI is InChI=1S/C20H24F2N2O3/c1-12(25)19(20(26)23-3)24-11-14-4-6-18(7-5-14)27-13(2)15-8-16(21)10-17(22)9-15/h4-10,12-13,19,24-25H,11H2,1-3H3,(H,23,26)/t12?,13?,19-/m0/s1. The summed E-state index contributed by atoms with van der Waals surface area (Å²) in [5.74, 6) is -1.04. The van der Waals surface area contributed by atoms with Crippen molar-refractivity contribution in [1.82, 2.24) is 10.6 Å². The number of aliphatic hydroxyl groups excluding tert-OH is 1. The third-order valence-electron chi connectivity index (χ3n) is 4.13. The Balaban J connectivity index is 1.97. The highest BCUT2D eigenvalue weighted by molar-refractivity contribution is 5.82. The summed E-state index contributed by atoms with van der Waals surface area (Å²) in [5.41, 5.74) is 1.30. The van der Waals surface area contributed by atoms with Gasteiger partial charge in [-0.15, -0.1) is 0 Å². The molecule has 0 saturated heterocycles. The highest BCUT2D eigenvalue weighted by Gasteiger charge is 2.21. The molecule has 27 heavy (non-hydrogen) atoms. The number of carbonyl (C=O) groups excluding carboxylic acids is 1. The zero-order chi connectivity index (χ0) is 20.0. The molecule has 0 aliphatic heterocycles. The number of likely N-dealkylation sites (N-methyl/N-ethyl adjacent to an activating group) is 1. The van der Waals surface area contributed by atoms with Gasteiger partial charge in [0.25, 0.3) is 0 Å². The average molecular weight is 378 g/mol. The highest BCUT2D eigenvalue weighted by atomic mass is 19.1.